The second-order valence-corrected chi connectivity index (χ2v) is 5.82. The molecule has 1 saturated heterocycles. The minimum atomic E-state index is -0.144. The molecule has 0 spiro atoms. The van der Waals surface area contributed by atoms with Crippen LogP contribution in [-0.4, -0.2) is 37.7 Å². The van der Waals surface area contributed by atoms with E-state index in [0.717, 1.165) is 26.1 Å². The summed E-state index contributed by atoms with van der Waals surface area (Å²) in [7, 11) is 1.74. The second-order valence-electron chi connectivity index (χ2n) is 5.41. The van der Waals surface area contributed by atoms with Crippen LogP contribution in [0.25, 0.3) is 0 Å². The molecular weight excluding hydrogens is 278 g/mol. The van der Waals surface area contributed by atoms with Crippen LogP contribution >= 0.6 is 11.6 Å². The van der Waals surface area contributed by atoms with Crippen LogP contribution in [0.5, 0.6) is 0 Å². The largest absolute Gasteiger partial charge is 0.381 e. The van der Waals surface area contributed by atoms with Gasteiger partial charge in [-0.3, -0.25) is 4.79 Å². The summed E-state index contributed by atoms with van der Waals surface area (Å²) in [5, 5.41) is 6.26. The smallest absolute Gasteiger partial charge is 0.252 e. The lowest BCUT2D eigenvalue weighted by Crippen LogP contribution is -2.39. The Morgan fingerprint density at radius 2 is 2.20 bits per heavy atom. The molecule has 110 valence electrons. The molecule has 1 amide bonds. The molecular formula is C14H20ClN3O2. The van der Waals surface area contributed by atoms with Gasteiger partial charge in [-0.25, -0.2) is 4.98 Å². The third-order valence-electron chi connectivity index (χ3n) is 3.72. The van der Waals surface area contributed by atoms with E-state index < -0.39 is 0 Å². The van der Waals surface area contributed by atoms with E-state index in [-0.39, 0.29) is 11.3 Å². The molecule has 0 aromatic carbocycles. The summed E-state index contributed by atoms with van der Waals surface area (Å²) in [5.41, 5.74) is 0.584. The van der Waals surface area contributed by atoms with E-state index in [0.29, 0.717) is 22.9 Å². The number of nitrogens with zero attached hydrogens (tertiary/aromatic N) is 1. The third-order valence-corrected chi connectivity index (χ3v) is 4.00. The van der Waals surface area contributed by atoms with Gasteiger partial charge in [0.05, 0.1) is 10.6 Å². The Balaban J connectivity index is 1.96. The van der Waals surface area contributed by atoms with Gasteiger partial charge in [0.1, 0.15) is 5.82 Å². The molecule has 1 aromatic rings. The number of nitrogens with one attached hydrogen (secondary N) is 2. The van der Waals surface area contributed by atoms with E-state index in [1.165, 1.54) is 6.20 Å². The molecule has 0 radical (unpaired) electrons. The van der Waals surface area contributed by atoms with Crippen LogP contribution in [-0.2, 0) is 4.74 Å². The van der Waals surface area contributed by atoms with Gasteiger partial charge >= 0.3 is 0 Å². The quantitative estimate of drug-likeness (QED) is 0.895. The fraction of sp³-hybridized carbons (Fsp3) is 0.571. The fourth-order valence-electron chi connectivity index (χ4n) is 2.18. The van der Waals surface area contributed by atoms with E-state index in [2.05, 4.69) is 22.5 Å². The van der Waals surface area contributed by atoms with Gasteiger partial charge in [0, 0.05) is 33.0 Å². The van der Waals surface area contributed by atoms with E-state index in [1.54, 1.807) is 13.1 Å². The summed E-state index contributed by atoms with van der Waals surface area (Å²) in [4.78, 5) is 16.2. The molecule has 1 aromatic heterocycles. The van der Waals surface area contributed by atoms with Gasteiger partial charge in [0.2, 0.25) is 0 Å². The molecule has 0 aliphatic carbocycles. The first-order valence-corrected chi connectivity index (χ1v) is 7.11. The van der Waals surface area contributed by atoms with Gasteiger partial charge in [-0.2, -0.15) is 0 Å². The molecule has 0 atom stereocenters. The highest BCUT2D eigenvalue weighted by atomic mass is 35.5. The van der Waals surface area contributed by atoms with Crippen molar-refractivity contribution < 1.29 is 9.53 Å². The number of carbonyl (C=O) groups excluding carboxylic acids is 1. The molecule has 2 heterocycles. The summed E-state index contributed by atoms with van der Waals surface area (Å²) < 4.78 is 5.35. The van der Waals surface area contributed by atoms with E-state index >= 15 is 0 Å². The first-order chi connectivity index (χ1) is 9.54. The van der Waals surface area contributed by atoms with Gasteiger partial charge in [0.15, 0.2) is 0 Å². The molecule has 0 bridgehead atoms. The van der Waals surface area contributed by atoms with Crippen molar-refractivity contribution in [1.29, 1.82) is 0 Å². The molecule has 1 aliphatic rings. The zero-order valence-corrected chi connectivity index (χ0v) is 12.6. The third kappa shape index (κ3) is 3.61. The van der Waals surface area contributed by atoms with Crippen LogP contribution in [0, 0.1) is 5.41 Å². The predicted octanol–water partition coefficient (Wildman–Crippen LogP) is 2.32. The van der Waals surface area contributed by atoms with Crippen molar-refractivity contribution in [3.63, 3.8) is 0 Å². The van der Waals surface area contributed by atoms with Crippen LogP contribution < -0.4 is 10.6 Å². The van der Waals surface area contributed by atoms with Gasteiger partial charge < -0.3 is 15.4 Å². The van der Waals surface area contributed by atoms with E-state index in [4.69, 9.17) is 16.3 Å². The second kappa shape index (κ2) is 6.41. The highest BCUT2D eigenvalue weighted by Gasteiger charge is 2.27. The summed E-state index contributed by atoms with van der Waals surface area (Å²) in [5.74, 6) is 0.425. The molecule has 6 heteroatoms. The summed E-state index contributed by atoms with van der Waals surface area (Å²) in [6.45, 7) is 4.33. The number of hydrogen-bond donors (Lipinski definition) is 2. The van der Waals surface area contributed by atoms with Gasteiger partial charge in [-0.05, 0) is 24.3 Å². The average molecular weight is 298 g/mol. The van der Waals surface area contributed by atoms with Crippen LogP contribution in [0.15, 0.2) is 12.3 Å². The monoisotopic (exact) mass is 297 g/mol. The molecule has 20 heavy (non-hydrogen) atoms. The Kier molecular flexibility index (Phi) is 4.83. The van der Waals surface area contributed by atoms with Gasteiger partial charge in [-0.15, -0.1) is 0 Å². The number of aromatic nitrogens is 1. The van der Waals surface area contributed by atoms with Gasteiger partial charge in [-0.1, -0.05) is 18.5 Å². The van der Waals surface area contributed by atoms with Crippen molar-refractivity contribution in [2.75, 3.05) is 32.1 Å². The van der Waals surface area contributed by atoms with Gasteiger partial charge in [0.25, 0.3) is 5.91 Å². The Morgan fingerprint density at radius 3 is 2.80 bits per heavy atom. The van der Waals surface area contributed by atoms with Crippen molar-refractivity contribution in [3.8, 4) is 0 Å². The molecule has 1 fully saturated rings. The molecule has 1 aliphatic heterocycles. The van der Waals surface area contributed by atoms with Crippen molar-refractivity contribution >= 4 is 23.3 Å². The normalized spacial score (nSPS) is 17.6. The van der Waals surface area contributed by atoms with Crippen molar-refractivity contribution in [2.45, 2.75) is 19.8 Å². The summed E-state index contributed by atoms with van der Waals surface area (Å²) in [6, 6.07) is 1.63. The topological polar surface area (TPSA) is 63.2 Å². The van der Waals surface area contributed by atoms with Crippen LogP contribution in [0.4, 0.5) is 5.82 Å². The first kappa shape index (κ1) is 15.1. The lowest BCUT2D eigenvalue weighted by Gasteiger charge is -2.33. The van der Waals surface area contributed by atoms with Crippen molar-refractivity contribution in [3.05, 3.63) is 22.8 Å². The molecule has 2 N–H and O–H groups in total. The highest BCUT2D eigenvalue weighted by Crippen LogP contribution is 2.28. The minimum Gasteiger partial charge on any atom is -0.381 e. The number of carbonyl (C=O) groups is 1. The van der Waals surface area contributed by atoms with Crippen molar-refractivity contribution in [1.82, 2.24) is 10.3 Å². The number of pyridine rings is 1. The number of anilines is 1. The summed E-state index contributed by atoms with van der Waals surface area (Å²) >= 11 is 6.03. The number of amides is 1. The Bertz CT molecular complexity index is 487. The SMILES string of the molecule is CNc1ncc(C(=O)NCC2(C)CCOCC2)cc1Cl. The molecule has 5 nitrogen and oxygen atoms in total. The van der Waals surface area contributed by atoms with Crippen LogP contribution in [0.1, 0.15) is 30.1 Å². The number of rotatable bonds is 4. The lowest BCUT2D eigenvalue weighted by molar-refractivity contribution is 0.0238. The number of ether oxygens (including phenoxy) is 1. The maximum atomic E-state index is 12.1. The predicted molar refractivity (Wildman–Crippen MR) is 79.3 cm³/mol. The lowest BCUT2D eigenvalue weighted by atomic mass is 9.82. The Labute approximate surface area is 124 Å². The minimum absolute atomic E-state index is 0.107. The van der Waals surface area contributed by atoms with E-state index in [1.807, 2.05) is 0 Å². The Hall–Kier alpha value is -1.33. The average Bonchev–Trinajstić information content (AvgIpc) is 2.45. The molecule has 0 unspecified atom stereocenters. The standard InChI is InChI=1S/C14H20ClN3O2/c1-14(3-5-20-6-4-14)9-18-13(19)10-7-11(15)12(16-2)17-8-10/h7-8H,3-6,9H2,1-2H3,(H,16,17)(H,18,19). The van der Waals surface area contributed by atoms with Crippen molar-refractivity contribution in [2.24, 2.45) is 5.41 Å². The maximum Gasteiger partial charge on any atom is 0.252 e. The highest BCUT2D eigenvalue weighted by molar-refractivity contribution is 6.33. The fourth-order valence-corrected chi connectivity index (χ4v) is 2.44. The number of hydrogen-bond acceptors (Lipinski definition) is 4. The van der Waals surface area contributed by atoms with E-state index in [9.17, 15) is 4.79 Å². The zero-order chi connectivity index (χ0) is 14.6. The first-order valence-electron chi connectivity index (χ1n) is 6.73. The maximum absolute atomic E-state index is 12.1. The molecule has 2 rings (SSSR count). The summed E-state index contributed by atoms with van der Waals surface area (Å²) in [6.07, 6.45) is 3.45. The Morgan fingerprint density at radius 1 is 1.50 bits per heavy atom. The van der Waals surface area contributed by atoms with Crippen LogP contribution in [0.3, 0.4) is 0 Å². The zero-order valence-electron chi connectivity index (χ0n) is 11.8. The number of halogens is 1. The molecule has 0 saturated carbocycles. The van der Waals surface area contributed by atoms with Crippen LogP contribution in [0.2, 0.25) is 5.02 Å².